The first kappa shape index (κ1) is 11.8. The van der Waals surface area contributed by atoms with Gasteiger partial charge in [0, 0.05) is 12.3 Å². The van der Waals surface area contributed by atoms with Crippen molar-refractivity contribution < 1.29 is 9.53 Å². The fourth-order valence-electron chi connectivity index (χ4n) is 1.54. The monoisotopic (exact) mass is 206 g/mol. The van der Waals surface area contributed by atoms with Crippen LogP contribution in [0, 0.1) is 5.41 Å². The number of rotatable bonds is 2. The molecule has 82 valence electrons. The summed E-state index contributed by atoms with van der Waals surface area (Å²) in [5.41, 5.74) is 0.952. The van der Waals surface area contributed by atoms with Crippen LogP contribution in [0.2, 0.25) is 0 Å². The largest absolute Gasteiger partial charge is 0.457 e. The van der Waals surface area contributed by atoms with Gasteiger partial charge in [0.05, 0.1) is 0 Å². The fraction of sp³-hybridized carbons (Fsp3) is 0.462. The maximum absolute atomic E-state index is 11.1. The van der Waals surface area contributed by atoms with E-state index < -0.39 is 0 Å². The third kappa shape index (κ3) is 3.39. The quantitative estimate of drug-likeness (QED) is 0.694. The molecule has 0 aliphatic carbocycles. The smallest absolute Gasteiger partial charge is 0.303 e. The number of esters is 1. The zero-order valence-electron chi connectivity index (χ0n) is 9.78. The average molecular weight is 206 g/mol. The summed E-state index contributed by atoms with van der Waals surface area (Å²) >= 11 is 0. The molecule has 0 unspecified atom stereocenters. The van der Waals surface area contributed by atoms with Crippen molar-refractivity contribution in [2.75, 3.05) is 0 Å². The molecule has 0 spiro atoms. The SMILES string of the molecule is CC(=O)O[C@H](c1ccccc1)C(C)(C)C. The van der Waals surface area contributed by atoms with Gasteiger partial charge in [-0.05, 0) is 5.56 Å². The predicted molar refractivity (Wildman–Crippen MR) is 60.4 cm³/mol. The van der Waals surface area contributed by atoms with Crippen LogP contribution in [0.1, 0.15) is 39.4 Å². The molecule has 0 N–H and O–H groups in total. The lowest BCUT2D eigenvalue weighted by Crippen LogP contribution is -2.23. The Balaban J connectivity index is 2.97. The van der Waals surface area contributed by atoms with Crippen LogP contribution < -0.4 is 0 Å². The Morgan fingerprint density at radius 2 is 1.73 bits per heavy atom. The molecule has 0 fully saturated rings. The molecular formula is C13H18O2. The Hall–Kier alpha value is -1.31. The number of hydrogen-bond acceptors (Lipinski definition) is 2. The number of carbonyl (C=O) groups excluding carboxylic acids is 1. The first-order chi connectivity index (χ1) is 6.91. The van der Waals surface area contributed by atoms with Crippen molar-refractivity contribution in [1.82, 2.24) is 0 Å². The van der Waals surface area contributed by atoms with Gasteiger partial charge >= 0.3 is 5.97 Å². The molecule has 0 amide bonds. The zero-order chi connectivity index (χ0) is 11.5. The van der Waals surface area contributed by atoms with Gasteiger partial charge in [-0.2, -0.15) is 0 Å². The van der Waals surface area contributed by atoms with Gasteiger partial charge < -0.3 is 4.74 Å². The lowest BCUT2D eigenvalue weighted by Gasteiger charge is -2.30. The molecule has 0 heterocycles. The van der Waals surface area contributed by atoms with E-state index in [-0.39, 0.29) is 17.5 Å². The summed E-state index contributed by atoms with van der Waals surface area (Å²) in [6, 6.07) is 9.84. The van der Waals surface area contributed by atoms with Crippen molar-refractivity contribution in [1.29, 1.82) is 0 Å². The van der Waals surface area contributed by atoms with Crippen molar-refractivity contribution in [3.05, 3.63) is 35.9 Å². The standard InChI is InChI=1S/C13H18O2/c1-10(14)15-12(13(2,3)4)11-8-6-5-7-9-11/h5-9,12H,1-4H3/t12-/m1/s1. The van der Waals surface area contributed by atoms with Crippen molar-refractivity contribution in [3.8, 4) is 0 Å². The first-order valence-corrected chi connectivity index (χ1v) is 5.13. The summed E-state index contributed by atoms with van der Waals surface area (Å²) in [7, 11) is 0. The minimum atomic E-state index is -0.237. The number of carbonyl (C=O) groups is 1. The van der Waals surface area contributed by atoms with Crippen LogP contribution in [0.3, 0.4) is 0 Å². The van der Waals surface area contributed by atoms with Crippen LogP contribution in [0.25, 0.3) is 0 Å². The molecule has 1 aromatic rings. The van der Waals surface area contributed by atoms with Crippen LogP contribution in [-0.2, 0) is 9.53 Å². The number of ether oxygens (including phenoxy) is 1. The van der Waals surface area contributed by atoms with Gasteiger partial charge in [0.15, 0.2) is 0 Å². The fourth-order valence-corrected chi connectivity index (χ4v) is 1.54. The molecule has 0 aromatic heterocycles. The predicted octanol–water partition coefficient (Wildman–Crippen LogP) is 3.34. The van der Waals surface area contributed by atoms with Crippen LogP contribution >= 0.6 is 0 Å². The maximum atomic E-state index is 11.1. The van der Waals surface area contributed by atoms with Gasteiger partial charge in [-0.3, -0.25) is 4.79 Å². The van der Waals surface area contributed by atoms with Crippen molar-refractivity contribution >= 4 is 5.97 Å². The van der Waals surface area contributed by atoms with Crippen molar-refractivity contribution in [2.45, 2.75) is 33.8 Å². The van der Waals surface area contributed by atoms with E-state index in [2.05, 4.69) is 20.8 Å². The second kappa shape index (κ2) is 4.47. The molecule has 1 atom stereocenters. The van der Waals surface area contributed by atoms with Crippen LogP contribution in [0.5, 0.6) is 0 Å². The van der Waals surface area contributed by atoms with Gasteiger partial charge in [-0.25, -0.2) is 0 Å². The lowest BCUT2D eigenvalue weighted by molar-refractivity contribution is -0.152. The molecule has 2 heteroatoms. The summed E-state index contributed by atoms with van der Waals surface area (Å²) in [6.45, 7) is 7.64. The third-order valence-corrected chi connectivity index (χ3v) is 2.17. The number of hydrogen-bond donors (Lipinski definition) is 0. The van der Waals surface area contributed by atoms with Crippen molar-refractivity contribution in [2.24, 2.45) is 5.41 Å². The molecule has 0 radical (unpaired) electrons. The van der Waals surface area contributed by atoms with Crippen LogP contribution in [-0.4, -0.2) is 5.97 Å². The summed E-state index contributed by atoms with van der Waals surface area (Å²) in [5.74, 6) is -0.237. The lowest BCUT2D eigenvalue weighted by atomic mass is 9.84. The number of benzene rings is 1. The topological polar surface area (TPSA) is 26.3 Å². The molecule has 2 nitrogen and oxygen atoms in total. The highest BCUT2D eigenvalue weighted by Gasteiger charge is 2.28. The van der Waals surface area contributed by atoms with E-state index in [1.165, 1.54) is 6.92 Å². The van der Waals surface area contributed by atoms with Gasteiger partial charge in [-0.15, -0.1) is 0 Å². The molecular weight excluding hydrogens is 188 g/mol. The molecule has 1 rings (SSSR count). The molecule has 1 aromatic carbocycles. The summed E-state index contributed by atoms with van der Waals surface area (Å²) < 4.78 is 5.36. The summed E-state index contributed by atoms with van der Waals surface area (Å²) in [5, 5.41) is 0. The molecule has 0 bridgehead atoms. The minimum absolute atomic E-state index is 0.0903. The van der Waals surface area contributed by atoms with E-state index in [1.54, 1.807) is 0 Å². The van der Waals surface area contributed by atoms with Gasteiger partial charge in [-0.1, -0.05) is 51.1 Å². The van der Waals surface area contributed by atoms with Gasteiger partial charge in [0.25, 0.3) is 0 Å². The van der Waals surface area contributed by atoms with Gasteiger partial charge in [0.1, 0.15) is 6.10 Å². The Labute approximate surface area is 91.3 Å². The Morgan fingerprint density at radius 3 is 2.13 bits per heavy atom. The molecule has 0 saturated heterocycles. The Morgan fingerprint density at radius 1 is 1.20 bits per heavy atom. The molecule has 0 aliphatic rings. The van der Waals surface area contributed by atoms with E-state index in [1.807, 2.05) is 30.3 Å². The Kier molecular flexibility index (Phi) is 3.51. The first-order valence-electron chi connectivity index (χ1n) is 5.13. The second-order valence-corrected chi connectivity index (χ2v) is 4.77. The average Bonchev–Trinajstić information content (AvgIpc) is 2.14. The van der Waals surface area contributed by atoms with Crippen LogP contribution in [0.15, 0.2) is 30.3 Å². The van der Waals surface area contributed by atoms with E-state index in [0.717, 1.165) is 5.56 Å². The minimum Gasteiger partial charge on any atom is -0.457 e. The zero-order valence-corrected chi connectivity index (χ0v) is 9.78. The Bertz CT molecular complexity index is 322. The van der Waals surface area contributed by atoms with Crippen molar-refractivity contribution in [3.63, 3.8) is 0 Å². The molecule has 15 heavy (non-hydrogen) atoms. The van der Waals surface area contributed by atoms with E-state index in [0.29, 0.717) is 0 Å². The highest BCUT2D eigenvalue weighted by atomic mass is 16.5. The van der Waals surface area contributed by atoms with E-state index in [9.17, 15) is 4.79 Å². The van der Waals surface area contributed by atoms with E-state index >= 15 is 0 Å². The molecule has 0 saturated carbocycles. The van der Waals surface area contributed by atoms with Gasteiger partial charge in [0.2, 0.25) is 0 Å². The summed E-state index contributed by atoms with van der Waals surface area (Å²) in [4.78, 5) is 11.1. The highest BCUT2D eigenvalue weighted by molar-refractivity contribution is 5.66. The third-order valence-electron chi connectivity index (χ3n) is 2.17. The molecule has 0 aliphatic heterocycles. The summed E-state index contributed by atoms with van der Waals surface area (Å²) in [6.07, 6.45) is -0.184. The van der Waals surface area contributed by atoms with E-state index in [4.69, 9.17) is 4.74 Å². The normalized spacial score (nSPS) is 13.3. The maximum Gasteiger partial charge on any atom is 0.303 e. The highest BCUT2D eigenvalue weighted by Crippen LogP contribution is 2.35. The van der Waals surface area contributed by atoms with Crippen LogP contribution in [0.4, 0.5) is 0 Å². The second-order valence-electron chi connectivity index (χ2n) is 4.77.